The Morgan fingerprint density at radius 2 is 1.78 bits per heavy atom. The number of thiophene rings is 1. The number of hydrazine groups is 1. The molecular weight excluding hydrogens is 426 g/mol. The van der Waals surface area contributed by atoms with Gasteiger partial charge in [-0.15, -0.1) is 11.3 Å². The van der Waals surface area contributed by atoms with Crippen molar-refractivity contribution in [2.75, 3.05) is 37.6 Å². The Hall–Kier alpha value is -3.17. The number of hydrogen-bond acceptors (Lipinski definition) is 7. The lowest BCUT2D eigenvalue weighted by atomic mass is 10.2. The van der Waals surface area contributed by atoms with E-state index in [0.717, 1.165) is 31.1 Å². The molecule has 3 heterocycles. The highest BCUT2D eigenvalue weighted by atomic mass is 32.1. The van der Waals surface area contributed by atoms with Crippen LogP contribution in [-0.4, -0.2) is 54.4 Å². The van der Waals surface area contributed by atoms with Crippen molar-refractivity contribution >= 4 is 28.8 Å². The number of piperazine rings is 1. The van der Waals surface area contributed by atoms with Gasteiger partial charge >= 0.3 is 0 Å². The number of benzene rings is 1. The zero-order valence-electron chi connectivity index (χ0n) is 18.0. The molecule has 1 saturated heterocycles. The Labute approximate surface area is 191 Å². The van der Waals surface area contributed by atoms with E-state index in [1.165, 1.54) is 17.0 Å². The number of rotatable bonds is 7. The van der Waals surface area contributed by atoms with Gasteiger partial charge < -0.3 is 9.32 Å². The highest BCUT2D eigenvalue weighted by molar-refractivity contribution is 7.13. The summed E-state index contributed by atoms with van der Waals surface area (Å²) in [4.78, 5) is 34.3. The van der Waals surface area contributed by atoms with Gasteiger partial charge in [0.05, 0.1) is 17.0 Å². The fourth-order valence-corrected chi connectivity index (χ4v) is 4.27. The molecule has 2 N–H and O–H groups in total. The molecule has 3 aromatic rings. The standard InChI is InChI=1S/C23H27N5O3S/c1-17-19(24-23(31-17)20-8-5-15-32-20)16-22(30)26-25-21(29)9-10-27-11-13-28(14-12-27)18-6-3-2-4-7-18/h2-8,15H,9-14,16H2,1H3,(H,25,29)(H,26,30). The average molecular weight is 454 g/mol. The molecule has 0 bridgehead atoms. The van der Waals surface area contributed by atoms with Gasteiger partial charge in [0.15, 0.2) is 0 Å². The molecule has 0 unspecified atom stereocenters. The van der Waals surface area contributed by atoms with Crippen molar-refractivity contribution < 1.29 is 14.0 Å². The number of aryl methyl sites for hydroxylation is 1. The Morgan fingerprint density at radius 1 is 1.03 bits per heavy atom. The maximum Gasteiger partial charge on any atom is 0.244 e. The van der Waals surface area contributed by atoms with Crippen LogP contribution < -0.4 is 15.8 Å². The van der Waals surface area contributed by atoms with Crippen LogP contribution in [0.15, 0.2) is 52.3 Å². The van der Waals surface area contributed by atoms with E-state index in [1.807, 2.05) is 35.7 Å². The van der Waals surface area contributed by atoms with E-state index in [-0.39, 0.29) is 18.2 Å². The zero-order chi connectivity index (χ0) is 22.3. The maximum atomic E-state index is 12.2. The van der Waals surface area contributed by atoms with E-state index in [9.17, 15) is 9.59 Å². The summed E-state index contributed by atoms with van der Waals surface area (Å²) in [5.74, 6) is 0.574. The van der Waals surface area contributed by atoms with Gasteiger partial charge in [0, 0.05) is 44.8 Å². The van der Waals surface area contributed by atoms with Crippen LogP contribution in [0.25, 0.3) is 10.8 Å². The van der Waals surface area contributed by atoms with E-state index >= 15 is 0 Å². The van der Waals surface area contributed by atoms with Crippen molar-refractivity contribution in [3.05, 3.63) is 59.3 Å². The summed E-state index contributed by atoms with van der Waals surface area (Å²) in [7, 11) is 0. The smallest absolute Gasteiger partial charge is 0.244 e. The second-order valence-electron chi connectivity index (χ2n) is 7.69. The number of anilines is 1. The Morgan fingerprint density at radius 3 is 2.50 bits per heavy atom. The minimum Gasteiger partial charge on any atom is -0.440 e. The number of amides is 2. The molecule has 1 aromatic carbocycles. The van der Waals surface area contributed by atoms with E-state index in [4.69, 9.17) is 4.42 Å². The van der Waals surface area contributed by atoms with Crippen molar-refractivity contribution in [1.29, 1.82) is 0 Å². The first-order valence-corrected chi connectivity index (χ1v) is 11.6. The molecule has 8 nitrogen and oxygen atoms in total. The molecule has 0 aliphatic carbocycles. The normalized spacial score (nSPS) is 14.3. The average Bonchev–Trinajstić information content (AvgIpc) is 3.48. The number of nitrogens with one attached hydrogen (secondary N) is 2. The Bertz CT molecular complexity index is 1030. The van der Waals surface area contributed by atoms with Crippen LogP contribution in [0.4, 0.5) is 5.69 Å². The molecular formula is C23H27N5O3S. The molecule has 2 aromatic heterocycles. The SMILES string of the molecule is Cc1oc(-c2cccs2)nc1CC(=O)NNC(=O)CCN1CCN(c2ccccc2)CC1. The van der Waals surface area contributed by atoms with Crippen LogP contribution in [0, 0.1) is 6.92 Å². The molecule has 4 rings (SSSR count). The maximum absolute atomic E-state index is 12.2. The van der Waals surface area contributed by atoms with Crippen LogP contribution in [-0.2, 0) is 16.0 Å². The van der Waals surface area contributed by atoms with Crippen LogP contribution in [0.1, 0.15) is 17.9 Å². The monoisotopic (exact) mass is 453 g/mol. The molecule has 0 radical (unpaired) electrons. The van der Waals surface area contributed by atoms with Crippen LogP contribution in [0.3, 0.4) is 0 Å². The van der Waals surface area contributed by atoms with E-state index in [1.54, 1.807) is 6.92 Å². The molecule has 32 heavy (non-hydrogen) atoms. The van der Waals surface area contributed by atoms with E-state index in [2.05, 4.69) is 37.8 Å². The highest BCUT2D eigenvalue weighted by Crippen LogP contribution is 2.26. The minimum atomic E-state index is -0.330. The van der Waals surface area contributed by atoms with Gasteiger partial charge in [-0.3, -0.25) is 25.3 Å². The predicted molar refractivity (Wildman–Crippen MR) is 124 cm³/mol. The van der Waals surface area contributed by atoms with Gasteiger partial charge in [0.2, 0.25) is 17.7 Å². The Kier molecular flexibility index (Phi) is 7.18. The summed E-state index contributed by atoms with van der Waals surface area (Å²) in [6.07, 6.45) is 0.375. The molecule has 0 atom stereocenters. The number of nitrogens with zero attached hydrogens (tertiary/aromatic N) is 3. The number of hydrogen-bond donors (Lipinski definition) is 2. The summed E-state index contributed by atoms with van der Waals surface area (Å²) in [5, 5.41) is 1.94. The second-order valence-corrected chi connectivity index (χ2v) is 8.63. The lowest BCUT2D eigenvalue weighted by Crippen LogP contribution is -2.48. The van der Waals surface area contributed by atoms with Gasteiger partial charge in [-0.1, -0.05) is 24.3 Å². The number of oxazole rings is 1. The lowest BCUT2D eigenvalue weighted by molar-refractivity contribution is -0.128. The van der Waals surface area contributed by atoms with Crippen LogP contribution >= 0.6 is 11.3 Å². The van der Waals surface area contributed by atoms with Crippen molar-refractivity contribution in [3.8, 4) is 10.8 Å². The first-order chi connectivity index (χ1) is 15.6. The largest absolute Gasteiger partial charge is 0.440 e. The molecule has 1 aliphatic heterocycles. The van der Waals surface area contributed by atoms with Gasteiger partial charge in [0.25, 0.3) is 0 Å². The Balaban J connectivity index is 1.15. The fraction of sp³-hybridized carbons (Fsp3) is 0.348. The van der Waals surface area contributed by atoms with E-state index < -0.39 is 0 Å². The van der Waals surface area contributed by atoms with Crippen molar-refractivity contribution in [3.63, 3.8) is 0 Å². The summed E-state index contributed by atoms with van der Waals surface area (Å²) in [5.41, 5.74) is 6.77. The number of aromatic nitrogens is 1. The molecule has 2 amide bonds. The molecule has 0 spiro atoms. The summed E-state index contributed by atoms with van der Waals surface area (Å²) >= 11 is 1.53. The predicted octanol–water partition coefficient (Wildman–Crippen LogP) is 2.61. The molecule has 1 aliphatic rings. The van der Waals surface area contributed by atoms with E-state index in [0.29, 0.717) is 30.3 Å². The zero-order valence-corrected chi connectivity index (χ0v) is 18.9. The first-order valence-electron chi connectivity index (χ1n) is 10.7. The van der Waals surface area contributed by atoms with Crippen molar-refractivity contribution in [2.24, 2.45) is 0 Å². The van der Waals surface area contributed by atoms with Crippen LogP contribution in [0.2, 0.25) is 0 Å². The number of carbonyl (C=O) groups is 2. The number of para-hydroxylation sites is 1. The van der Waals surface area contributed by atoms with Gasteiger partial charge in [-0.2, -0.15) is 0 Å². The summed E-state index contributed by atoms with van der Waals surface area (Å²) in [6.45, 7) is 6.14. The third-order valence-electron chi connectivity index (χ3n) is 5.44. The first kappa shape index (κ1) is 22.0. The van der Waals surface area contributed by atoms with Gasteiger partial charge in [-0.25, -0.2) is 4.98 Å². The quantitative estimate of drug-likeness (QED) is 0.535. The molecule has 0 saturated carbocycles. The number of carbonyl (C=O) groups excluding carboxylic acids is 2. The third-order valence-corrected chi connectivity index (χ3v) is 6.30. The lowest BCUT2D eigenvalue weighted by Gasteiger charge is -2.36. The molecule has 1 fully saturated rings. The third kappa shape index (κ3) is 5.74. The topological polar surface area (TPSA) is 90.7 Å². The van der Waals surface area contributed by atoms with Crippen molar-refractivity contribution in [1.82, 2.24) is 20.7 Å². The summed E-state index contributed by atoms with van der Waals surface area (Å²) in [6, 6.07) is 14.2. The van der Waals surface area contributed by atoms with Gasteiger partial charge in [-0.05, 0) is 30.5 Å². The van der Waals surface area contributed by atoms with Gasteiger partial charge in [0.1, 0.15) is 5.76 Å². The molecule has 9 heteroatoms. The highest BCUT2D eigenvalue weighted by Gasteiger charge is 2.18. The minimum absolute atomic E-state index is 0.0441. The van der Waals surface area contributed by atoms with Crippen LogP contribution in [0.5, 0.6) is 0 Å². The fourth-order valence-electron chi connectivity index (χ4n) is 3.62. The van der Waals surface area contributed by atoms with Crippen molar-refractivity contribution in [2.45, 2.75) is 19.8 Å². The molecule has 168 valence electrons. The second kappa shape index (κ2) is 10.4. The summed E-state index contributed by atoms with van der Waals surface area (Å²) < 4.78 is 5.65.